The Morgan fingerprint density at radius 3 is 3.44 bits per heavy atom. The molecule has 0 unspecified atom stereocenters. The molecule has 9 heavy (non-hydrogen) atoms. The summed E-state index contributed by atoms with van der Waals surface area (Å²) in [6.45, 7) is -5.21. The van der Waals surface area contributed by atoms with Gasteiger partial charge in [0.1, 0.15) is 0 Å². The summed E-state index contributed by atoms with van der Waals surface area (Å²) in [5.41, 5.74) is -0.214. The summed E-state index contributed by atoms with van der Waals surface area (Å²) in [6.07, 6.45) is -2.56. The molecule has 0 atom stereocenters. The molecule has 0 amide bonds. The van der Waals surface area contributed by atoms with Crippen LogP contribution in [0.1, 0.15) is 28.9 Å². The quantitative estimate of drug-likeness (QED) is 0.545. The first-order valence-electron chi connectivity index (χ1n) is 6.57. The van der Waals surface area contributed by atoms with E-state index in [9.17, 15) is 0 Å². The second-order valence-electron chi connectivity index (χ2n) is 1.71. The first-order chi connectivity index (χ1) is 7.46. The summed E-state index contributed by atoms with van der Waals surface area (Å²) in [6, 6.07) is 5.04. The van der Waals surface area contributed by atoms with Crippen LogP contribution in [0.25, 0.3) is 0 Å². The van der Waals surface area contributed by atoms with Gasteiger partial charge in [-0.3, -0.25) is 0 Å². The third kappa shape index (κ3) is 1.56. The first kappa shape index (κ1) is 1.63. The Kier molecular flexibility index (Phi) is 0.484. The van der Waals surface area contributed by atoms with Gasteiger partial charge >= 0.3 is 0 Å². The average Bonchev–Trinajstić information content (AvgIpc) is 2.15. The summed E-state index contributed by atoms with van der Waals surface area (Å²) in [7, 11) is 0. The predicted molar refractivity (Wildman–Crippen MR) is 40.6 cm³/mol. The van der Waals surface area contributed by atoms with Gasteiger partial charge in [-0.1, -0.05) is 36.7 Å². The van der Waals surface area contributed by atoms with Crippen molar-refractivity contribution in [3.8, 4) is 0 Å². The number of benzene rings is 1. The van der Waals surface area contributed by atoms with E-state index < -0.39 is 20.1 Å². The molecule has 0 bridgehead atoms. The lowest BCUT2D eigenvalue weighted by Gasteiger charge is -1.95. The summed E-state index contributed by atoms with van der Waals surface area (Å²) in [5, 5.41) is 0. The van der Waals surface area contributed by atoms with Gasteiger partial charge in [-0.25, -0.2) is 0 Å². The van der Waals surface area contributed by atoms with E-state index in [-0.39, 0.29) is 11.1 Å². The zero-order chi connectivity index (χ0) is 13.5. The highest BCUT2D eigenvalue weighted by Crippen LogP contribution is 2.03. The van der Waals surface area contributed by atoms with Crippen LogP contribution < -0.4 is 0 Å². The van der Waals surface area contributed by atoms with Gasteiger partial charge in [0.25, 0.3) is 0 Å². The van der Waals surface area contributed by atoms with Crippen LogP contribution in [-0.2, 0) is 6.37 Å². The minimum atomic E-state index is -2.83. The Morgan fingerprint density at radius 2 is 2.67 bits per heavy atom. The van der Waals surface area contributed by atoms with Crippen molar-refractivity contribution in [3.63, 3.8) is 0 Å². The van der Waals surface area contributed by atoms with Gasteiger partial charge in [-0.15, -0.1) is 0 Å². The maximum atomic E-state index is 7.54. The van der Waals surface area contributed by atoms with Gasteiger partial charge in [0, 0.05) is 11.0 Å². The average molecular weight is 128 g/mol. The molecule has 0 heteroatoms. The van der Waals surface area contributed by atoms with Crippen LogP contribution in [0.15, 0.2) is 24.3 Å². The van der Waals surface area contributed by atoms with Crippen LogP contribution in [0.2, 0.25) is 0 Å². The SMILES string of the molecule is [2H]C([2H])([2H])c1cccc(C([2H])([2H])C([2H])([2H])[2H])c1. The zero-order valence-electron chi connectivity index (χ0n) is 12.8. The van der Waals surface area contributed by atoms with Gasteiger partial charge in [0.15, 0.2) is 0 Å². The minimum Gasteiger partial charge on any atom is -0.0617 e. The fourth-order valence-corrected chi connectivity index (χ4v) is 0.597. The molecule has 0 saturated heterocycles. The number of hydrogen-bond donors (Lipinski definition) is 0. The molecule has 0 spiro atoms. The number of hydrogen-bond acceptors (Lipinski definition) is 0. The Labute approximate surface area is 67.8 Å². The lowest BCUT2D eigenvalue weighted by atomic mass is 10.1. The molecule has 0 heterocycles. The molecular weight excluding hydrogens is 108 g/mol. The molecule has 1 aromatic carbocycles. The second-order valence-corrected chi connectivity index (χ2v) is 1.71. The van der Waals surface area contributed by atoms with E-state index in [1.54, 1.807) is 0 Å². The molecule has 1 rings (SSSR count). The van der Waals surface area contributed by atoms with Crippen LogP contribution in [0.4, 0.5) is 0 Å². The van der Waals surface area contributed by atoms with Crippen LogP contribution in [0.3, 0.4) is 0 Å². The lowest BCUT2D eigenvalue weighted by Crippen LogP contribution is -1.78. The predicted octanol–water partition coefficient (Wildman–Crippen LogP) is 2.56. The van der Waals surface area contributed by atoms with Gasteiger partial charge in [-0.05, 0) is 18.8 Å². The molecule has 1 aromatic rings. The molecular formula is C9H12. The van der Waals surface area contributed by atoms with Crippen LogP contribution >= 0.6 is 0 Å². The van der Waals surface area contributed by atoms with Crippen molar-refractivity contribution in [2.24, 2.45) is 0 Å². The smallest absolute Gasteiger partial charge is 0.0313 e. The van der Waals surface area contributed by atoms with Crippen LogP contribution in [0, 0.1) is 6.85 Å². The van der Waals surface area contributed by atoms with Crippen molar-refractivity contribution in [2.45, 2.75) is 20.1 Å². The molecule has 0 aliphatic carbocycles. The Bertz CT molecular complexity index is 400. The fraction of sp³-hybridized carbons (Fsp3) is 0.333. The molecule has 0 N–H and O–H groups in total. The zero-order valence-corrected chi connectivity index (χ0v) is 4.81. The van der Waals surface area contributed by atoms with Gasteiger partial charge in [-0.2, -0.15) is 0 Å². The first-order valence-corrected chi connectivity index (χ1v) is 2.57. The third-order valence-electron chi connectivity index (χ3n) is 1.01. The normalized spacial score (nSPS) is 27.1. The summed E-state index contributed by atoms with van der Waals surface area (Å²) in [4.78, 5) is 0. The van der Waals surface area contributed by atoms with Gasteiger partial charge < -0.3 is 0 Å². The van der Waals surface area contributed by atoms with E-state index in [4.69, 9.17) is 11.0 Å². The monoisotopic (exact) mass is 128 g/mol. The maximum Gasteiger partial charge on any atom is 0.0313 e. The number of aryl methyl sites for hydroxylation is 2. The van der Waals surface area contributed by atoms with Gasteiger partial charge in [0.05, 0.1) is 0 Å². The molecule has 48 valence electrons. The molecule has 0 aliphatic heterocycles. The molecule has 0 radical (unpaired) electrons. The maximum absolute atomic E-state index is 7.54. The standard InChI is InChI=1S/C9H12/c1-3-9-6-4-5-8(2)7-9/h4-7H,3H2,1-2H3/i1D3,2D3,3D2. The van der Waals surface area contributed by atoms with Crippen molar-refractivity contribution in [3.05, 3.63) is 35.4 Å². The van der Waals surface area contributed by atoms with E-state index >= 15 is 0 Å². The van der Waals surface area contributed by atoms with Crippen LogP contribution in [-0.4, -0.2) is 0 Å². The van der Waals surface area contributed by atoms with E-state index in [0.717, 1.165) is 6.07 Å². The molecule has 0 aliphatic rings. The molecule has 0 nitrogen and oxygen atoms in total. The Balaban J connectivity index is 3.26. The van der Waals surface area contributed by atoms with E-state index in [2.05, 4.69) is 0 Å². The van der Waals surface area contributed by atoms with Gasteiger partial charge in [0.2, 0.25) is 0 Å². The Hall–Kier alpha value is -0.780. The molecule has 0 saturated carbocycles. The van der Waals surface area contributed by atoms with E-state index in [1.807, 2.05) is 0 Å². The van der Waals surface area contributed by atoms with Crippen molar-refractivity contribution < 1.29 is 11.0 Å². The minimum absolute atomic E-state index is 0.0666. The second kappa shape index (κ2) is 2.67. The molecule has 0 fully saturated rings. The van der Waals surface area contributed by atoms with Crippen LogP contribution in [0.5, 0.6) is 0 Å². The third-order valence-corrected chi connectivity index (χ3v) is 1.01. The lowest BCUT2D eigenvalue weighted by molar-refractivity contribution is 1.13. The highest BCUT2D eigenvalue weighted by molar-refractivity contribution is 5.21. The molecule has 0 aromatic heterocycles. The van der Waals surface area contributed by atoms with E-state index in [1.165, 1.54) is 18.2 Å². The highest BCUT2D eigenvalue weighted by Gasteiger charge is 1.85. The largest absolute Gasteiger partial charge is 0.0617 e. The van der Waals surface area contributed by atoms with E-state index in [0.29, 0.717) is 0 Å². The van der Waals surface area contributed by atoms with Crippen molar-refractivity contribution in [1.82, 2.24) is 0 Å². The topological polar surface area (TPSA) is 0 Å². The highest BCUT2D eigenvalue weighted by atomic mass is 13.9. The summed E-state index contributed by atoms with van der Waals surface area (Å²) < 4.78 is 58.0. The summed E-state index contributed by atoms with van der Waals surface area (Å²) in [5.74, 6) is 0. The summed E-state index contributed by atoms with van der Waals surface area (Å²) >= 11 is 0. The Morgan fingerprint density at radius 1 is 1.67 bits per heavy atom. The number of rotatable bonds is 1. The van der Waals surface area contributed by atoms with Crippen molar-refractivity contribution in [1.29, 1.82) is 0 Å². The van der Waals surface area contributed by atoms with Crippen molar-refractivity contribution in [2.75, 3.05) is 0 Å². The van der Waals surface area contributed by atoms with Crippen molar-refractivity contribution >= 4 is 0 Å². The fourth-order valence-electron chi connectivity index (χ4n) is 0.597.